The quantitative estimate of drug-likeness (QED) is 0.911. The van der Waals surface area contributed by atoms with E-state index in [1.807, 2.05) is 12.4 Å². The van der Waals surface area contributed by atoms with Gasteiger partial charge in [-0.3, -0.25) is 0 Å². The summed E-state index contributed by atoms with van der Waals surface area (Å²) in [5, 5.41) is 3.48. The topological polar surface area (TPSA) is 24.9 Å². The maximum atomic E-state index is 13.2. The summed E-state index contributed by atoms with van der Waals surface area (Å²) in [7, 11) is 0. The maximum absolute atomic E-state index is 13.2. The molecule has 2 aliphatic rings. The van der Waals surface area contributed by atoms with Gasteiger partial charge in [0.1, 0.15) is 0 Å². The van der Waals surface area contributed by atoms with Gasteiger partial charge in [-0.1, -0.05) is 0 Å². The molecule has 2 aliphatic carbocycles. The van der Waals surface area contributed by atoms with Crippen molar-refractivity contribution in [2.24, 2.45) is 5.41 Å². The Labute approximate surface area is 110 Å². The van der Waals surface area contributed by atoms with Crippen molar-refractivity contribution in [3.8, 4) is 0 Å². The van der Waals surface area contributed by atoms with Crippen LogP contribution in [-0.4, -0.2) is 16.9 Å². The first-order chi connectivity index (χ1) is 8.52. The minimum absolute atomic E-state index is 0.126. The molecule has 5 heteroatoms. The third-order valence-electron chi connectivity index (χ3n) is 4.55. The summed E-state index contributed by atoms with van der Waals surface area (Å²) in [6.07, 6.45) is 3.25. The van der Waals surface area contributed by atoms with Gasteiger partial charge < -0.3 is 5.32 Å². The standard InChI is InChI=1S/C13H18F2N2S/c1-9-11(18-8-17-9)6-16-10-2-4-12(5-3-10)7-13(12,14)15/h8,10,16H,2-7H2,1H3. The third-order valence-corrected chi connectivity index (χ3v) is 5.49. The van der Waals surface area contributed by atoms with Crippen LogP contribution in [0.3, 0.4) is 0 Å². The van der Waals surface area contributed by atoms with Gasteiger partial charge in [0.25, 0.3) is 5.92 Å². The fourth-order valence-corrected chi connectivity index (χ4v) is 3.76. The average Bonchev–Trinajstić information content (AvgIpc) is 2.68. The van der Waals surface area contributed by atoms with E-state index < -0.39 is 11.3 Å². The van der Waals surface area contributed by atoms with E-state index in [0.717, 1.165) is 25.1 Å². The molecule has 1 aromatic heterocycles. The van der Waals surface area contributed by atoms with Gasteiger partial charge in [-0.15, -0.1) is 11.3 Å². The Kier molecular flexibility index (Phi) is 2.94. The van der Waals surface area contributed by atoms with Crippen LogP contribution in [0.25, 0.3) is 0 Å². The Balaban J connectivity index is 1.48. The highest BCUT2D eigenvalue weighted by molar-refractivity contribution is 7.09. The molecule has 100 valence electrons. The first-order valence-electron chi connectivity index (χ1n) is 6.53. The molecule has 0 radical (unpaired) electrons. The lowest BCUT2D eigenvalue weighted by Gasteiger charge is -2.29. The molecule has 1 heterocycles. The van der Waals surface area contributed by atoms with Crippen molar-refractivity contribution in [2.75, 3.05) is 0 Å². The zero-order chi connectivity index (χ0) is 12.8. The van der Waals surface area contributed by atoms with Crippen LogP contribution in [0.2, 0.25) is 0 Å². The predicted molar refractivity (Wildman–Crippen MR) is 67.9 cm³/mol. The molecule has 0 aromatic carbocycles. The van der Waals surface area contributed by atoms with Crippen LogP contribution in [0.5, 0.6) is 0 Å². The second-order valence-corrected chi connectivity index (χ2v) is 6.62. The number of aryl methyl sites for hydroxylation is 1. The van der Waals surface area contributed by atoms with Crippen molar-refractivity contribution in [2.45, 2.75) is 57.5 Å². The predicted octanol–water partition coefficient (Wildman–Crippen LogP) is 3.51. The van der Waals surface area contributed by atoms with Crippen molar-refractivity contribution in [3.63, 3.8) is 0 Å². The fourth-order valence-electron chi connectivity index (χ4n) is 3.03. The van der Waals surface area contributed by atoms with Gasteiger partial charge in [0.2, 0.25) is 0 Å². The highest BCUT2D eigenvalue weighted by Crippen LogP contribution is 2.67. The van der Waals surface area contributed by atoms with E-state index in [1.54, 1.807) is 11.3 Å². The van der Waals surface area contributed by atoms with E-state index in [-0.39, 0.29) is 6.42 Å². The molecular weight excluding hydrogens is 254 g/mol. The molecule has 2 fully saturated rings. The van der Waals surface area contributed by atoms with Crippen molar-refractivity contribution in [1.82, 2.24) is 10.3 Å². The first kappa shape index (κ1) is 12.5. The monoisotopic (exact) mass is 272 g/mol. The summed E-state index contributed by atoms with van der Waals surface area (Å²) >= 11 is 1.66. The Morgan fingerprint density at radius 2 is 2.11 bits per heavy atom. The van der Waals surface area contributed by atoms with Crippen LogP contribution in [0.4, 0.5) is 8.78 Å². The minimum Gasteiger partial charge on any atom is -0.309 e. The zero-order valence-corrected chi connectivity index (χ0v) is 11.3. The van der Waals surface area contributed by atoms with Crippen LogP contribution in [-0.2, 0) is 6.54 Å². The van der Waals surface area contributed by atoms with Gasteiger partial charge in [-0.25, -0.2) is 13.8 Å². The molecule has 0 bridgehead atoms. The molecule has 2 nitrogen and oxygen atoms in total. The SMILES string of the molecule is Cc1ncsc1CNC1CCC2(CC1)CC2(F)F. The summed E-state index contributed by atoms with van der Waals surface area (Å²) in [5.41, 5.74) is 2.31. The number of halogens is 2. The molecule has 3 rings (SSSR count). The fraction of sp³-hybridized carbons (Fsp3) is 0.769. The summed E-state index contributed by atoms with van der Waals surface area (Å²) in [6.45, 7) is 2.83. The lowest BCUT2D eigenvalue weighted by molar-refractivity contribution is 0.0438. The van der Waals surface area contributed by atoms with Crippen LogP contribution in [0, 0.1) is 12.3 Å². The molecule has 0 unspecified atom stereocenters. The van der Waals surface area contributed by atoms with Crippen LogP contribution in [0.15, 0.2) is 5.51 Å². The van der Waals surface area contributed by atoms with Crippen molar-refractivity contribution in [1.29, 1.82) is 0 Å². The number of hydrogen-bond acceptors (Lipinski definition) is 3. The molecule has 0 atom stereocenters. The normalized spacial score (nSPS) is 33.8. The highest BCUT2D eigenvalue weighted by atomic mass is 32.1. The largest absolute Gasteiger partial charge is 0.309 e. The maximum Gasteiger partial charge on any atom is 0.254 e. The molecule has 2 saturated carbocycles. The summed E-state index contributed by atoms with van der Waals surface area (Å²) in [5.74, 6) is -2.37. The average molecular weight is 272 g/mol. The number of alkyl halides is 2. The molecule has 1 spiro atoms. The summed E-state index contributed by atoms with van der Waals surface area (Å²) in [6, 6.07) is 0.397. The number of thiazole rings is 1. The van der Waals surface area contributed by atoms with E-state index >= 15 is 0 Å². The highest BCUT2D eigenvalue weighted by Gasteiger charge is 2.70. The Morgan fingerprint density at radius 3 is 2.61 bits per heavy atom. The Bertz CT molecular complexity index is 436. The van der Waals surface area contributed by atoms with E-state index in [0.29, 0.717) is 18.9 Å². The van der Waals surface area contributed by atoms with E-state index in [9.17, 15) is 8.78 Å². The lowest BCUT2D eigenvalue weighted by atomic mass is 9.83. The van der Waals surface area contributed by atoms with Gasteiger partial charge in [0.15, 0.2) is 0 Å². The van der Waals surface area contributed by atoms with Gasteiger partial charge in [0, 0.05) is 29.3 Å². The van der Waals surface area contributed by atoms with Gasteiger partial charge in [0.05, 0.1) is 11.2 Å². The second-order valence-electron chi connectivity index (χ2n) is 5.68. The second kappa shape index (κ2) is 4.23. The smallest absolute Gasteiger partial charge is 0.254 e. The van der Waals surface area contributed by atoms with Crippen molar-refractivity contribution in [3.05, 3.63) is 16.1 Å². The molecule has 0 aliphatic heterocycles. The molecule has 1 aromatic rings. The van der Waals surface area contributed by atoms with Crippen LogP contribution < -0.4 is 5.32 Å². The number of nitrogens with zero attached hydrogens (tertiary/aromatic N) is 1. The lowest BCUT2D eigenvalue weighted by Crippen LogP contribution is -2.34. The summed E-state index contributed by atoms with van der Waals surface area (Å²) in [4.78, 5) is 5.47. The first-order valence-corrected chi connectivity index (χ1v) is 7.41. The van der Waals surface area contributed by atoms with Crippen LogP contribution in [0.1, 0.15) is 42.7 Å². The van der Waals surface area contributed by atoms with E-state index in [2.05, 4.69) is 10.3 Å². The van der Waals surface area contributed by atoms with E-state index in [1.165, 1.54) is 4.88 Å². The van der Waals surface area contributed by atoms with Gasteiger partial charge in [-0.05, 0) is 32.6 Å². The number of nitrogens with one attached hydrogen (secondary N) is 1. The molecule has 0 saturated heterocycles. The Morgan fingerprint density at radius 1 is 1.44 bits per heavy atom. The van der Waals surface area contributed by atoms with E-state index in [4.69, 9.17) is 0 Å². The zero-order valence-electron chi connectivity index (χ0n) is 10.5. The number of rotatable bonds is 3. The van der Waals surface area contributed by atoms with Crippen molar-refractivity contribution < 1.29 is 8.78 Å². The number of aromatic nitrogens is 1. The van der Waals surface area contributed by atoms with Gasteiger partial charge >= 0.3 is 0 Å². The molecule has 0 amide bonds. The Hall–Kier alpha value is -0.550. The minimum atomic E-state index is -2.37. The van der Waals surface area contributed by atoms with Crippen LogP contribution >= 0.6 is 11.3 Å². The van der Waals surface area contributed by atoms with Gasteiger partial charge in [-0.2, -0.15) is 0 Å². The molecular formula is C13H18F2N2S. The molecule has 1 N–H and O–H groups in total. The molecule has 18 heavy (non-hydrogen) atoms. The van der Waals surface area contributed by atoms with Crippen molar-refractivity contribution >= 4 is 11.3 Å². The third kappa shape index (κ3) is 2.07. The number of hydrogen-bond donors (Lipinski definition) is 1. The summed E-state index contributed by atoms with van der Waals surface area (Å²) < 4.78 is 26.5.